The second-order valence-electron chi connectivity index (χ2n) is 5.93. The van der Waals surface area contributed by atoms with Crippen LogP contribution in [0.15, 0.2) is 18.3 Å². The number of halogens is 1. The zero-order valence-corrected chi connectivity index (χ0v) is 12.6. The Labute approximate surface area is 122 Å². The number of aryl methyl sites for hydroxylation is 1. The first-order valence-corrected chi connectivity index (χ1v) is 7.09. The van der Waals surface area contributed by atoms with E-state index in [0.29, 0.717) is 0 Å². The highest BCUT2D eigenvalue weighted by Crippen LogP contribution is 2.29. The van der Waals surface area contributed by atoms with Crippen molar-refractivity contribution < 1.29 is 0 Å². The topological polar surface area (TPSA) is 28.2 Å². The largest absolute Gasteiger partial charge is 0.311 e. The van der Waals surface area contributed by atoms with E-state index in [1.807, 2.05) is 12.3 Å². The van der Waals surface area contributed by atoms with Crippen molar-refractivity contribution in [1.82, 2.24) is 15.2 Å². The molecular formula is C15H24ClN3. The van der Waals surface area contributed by atoms with Crippen LogP contribution in [0.2, 0.25) is 0 Å². The second-order valence-corrected chi connectivity index (χ2v) is 5.93. The van der Waals surface area contributed by atoms with Crippen molar-refractivity contribution in [3.05, 3.63) is 29.6 Å². The third-order valence-corrected chi connectivity index (χ3v) is 4.61. The lowest BCUT2D eigenvalue weighted by Crippen LogP contribution is -2.46. The molecule has 1 aromatic heterocycles. The molecule has 2 bridgehead atoms. The summed E-state index contributed by atoms with van der Waals surface area (Å²) in [6, 6.07) is 6.53. The van der Waals surface area contributed by atoms with Gasteiger partial charge in [-0.2, -0.15) is 0 Å². The summed E-state index contributed by atoms with van der Waals surface area (Å²) in [5, 5.41) is 3.71. The van der Waals surface area contributed by atoms with Crippen LogP contribution in [0.1, 0.15) is 36.9 Å². The number of hydrogen-bond acceptors (Lipinski definition) is 3. The van der Waals surface area contributed by atoms with Crippen molar-refractivity contribution in [2.24, 2.45) is 0 Å². The summed E-state index contributed by atoms with van der Waals surface area (Å²) in [4.78, 5) is 6.90. The summed E-state index contributed by atoms with van der Waals surface area (Å²) in [6.45, 7) is 3.14. The van der Waals surface area contributed by atoms with Gasteiger partial charge in [-0.25, -0.2) is 0 Å². The van der Waals surface area contributed by atoms with Crippen molar-refractivity contribution in [3.8, 4) is 0 Å². The van der Waals surface area contributed by atoms with Crippen LogP contribution in [0.25, 0.3) is 0 Å². The van der Waals surface area contributed by atoms with Gasteiger partial charge in [0.25, 0.3) is 0 Å². The molecule has 2 fully saturated rings. The van der Waals surface area contributed by atoms with E-state index in [0.717, 1.165) is 24.7 Å². The Morgan fingerprint density at radius 1 is 1.32 bits per heavy atom. The Morgan fingerprint density at radius 3 is 2.63 bits per heavy atom. The fourth-order valence-corrected chi connectivity index (χ4v) is 3.47. The minimum atomic E-state index is 0. The predicted molar refractivity (Wildman–Crippen MR) is 80.7 cm³/mol. The average molecular weight is 282 g/mol. The van der Waals surface area contributed by atoms with E-state index in [4.69, 9.17) is 0 Å². The normalized spacial score (nSPS) is 29.3. The van der Waals surface area contributed by atoms with E-state index < -0.39 is 0 Å². The van der Waals surface area contributed by atoms with Gasteiger partial charge in [-0.3, -0.25) is 9.88 Å². The van der Waals surface area contributed by atoms with Gasteiger partial charge in [-0.05, 0) is 51.3 Å². The molecule has 2 aliphatic heterocycles. The molecule has 2 atom stereocenters. The molecule has 2 saturated heterocycles. The van der Waals surface area contributed by atoms with Gasteiger partial charge in [0.2, 0.25) is 0 Å². The Bertz CT molecular complexity index is 412. The molecule has 1 N–H and O–H groups in total. The Balaban J connectivity index is 0.00000133. The third kappa shape index (κ3) is 3.28. The summed E-state index contributed by atoms with van der Waals surface area (Å²) < 4.78 is 0. The maximum absolute atomic E-state index is 4.38. The van der Waals surface area contributed by atoms with Gasteiger partial charge in [0.15, 0.2) is 0 Å². The quantitative estimate of drug-likeness (QED) is 0.923. The molecule has 4 heteroatoms. The number of aromatic nitrogens is 1. The number of pyridine rings is 1. The molecule has 2 unspecified atom stereocenters. The van der Waals surface area contributed by atoms with Crippen molar-refractivity contribution >= 4 is 12.4 Å². The summed E-state index contributed by atoms with van der Waals surface area (Å²) in [5.41, 5.74) is 2.53. The van der Waals surface area contributed by atoms with E-state index in [2.05, 4.69) is 35.2 Å². The zero-order chi connectivity index (χ0) is 12.5. The predicted octanol–water partition coefficient (Wildman–Crippen LogP) is 2.53. The molecule has 0 radical (unpaired) electrons. The molecule has 1 aromatic rings. The molecule has 106 valence electrons. The summed E-state index contributed by atoms with van der Waals surface area (Å²) in [7, 11) is 2.27. The van der Waals surface area contributed by atoms with Gasteiger partial charge in [-0.15, -0.1) is 12.4 Å². The van der Waals surface area contributed by atoms with Crippen LogP contribution in [0, 0.1) is 6.92 Å². The monoisotopic (exact) mass is 281 g/mol. The van der Waals surface area contributed by atoms with E-state index in [1.165, 1.54) is 36.9 Å². The molecule has 0 aromatic carbocycles. The minimum Gasteiger partial charge on any atom is -0.311 e. The van der Waals surface area contributed by atoms with E-state index >= 15 is 0 Å². The molecule has 3 heterocycles. The van der Waals surface area contributed by atoms with Gasteiger partial charge in [0.1, 0.15) is 0 Å². The van der Waals surface area contributed by atoms with Crippen LogP contribution in [-0.2, 0) is 6.54 Å². The van der Waals surface area contributed by atoms with Crippen molar-refractivity contribution in [2.75, 3.05) is 7.05 Å². The van der Waals surface area contributed by atoms with E-state index in [-0.39, 0.29) is 12.4 Å². The van der Waals surface area contributed by atoms with Crippen molar-refractivity contribution in [1.29, 1.82) is 0 Å². The standard InChI is InChI=1S/C15H23N3.ClH/c1-11-12(4-3-7-16-11)10-18(2)15-8-13-5-6-14(9-15)17-13;/h3-4,7,13-15,17H,5-6,8-10H2,1-2H3;1H. The highest BCUT2D eigenvalue weighted by Gasteiger charge is 2.34. The first-order valence-electron chi connectivity index (χ1n) is 7.09. The molecular weight excluding hydrogens is 258 g/mol. The number of nitrogens with zero attached hydrogens (tertiary/aromatic N) is 2. The minimum absolute atomic E-state index is 0. The van der Waals surface area contributed by atoms with Gasteiger partial charge < -0.3 is 5.32 Å². The summed E-state index contributed by atoms with van der Waals surface area (Å²) >= 11 is 0. The lowest BCUT2D eigenvalue weighted by molar-refractivity contribution is 0.165. The fraction of sp³-hybridized carbons (Fsp3) is 0.667. The summed E-state index contributed by atoms with van der Waals surface area (Å²) in [6.07, 6.45) is 7.25. The van der Waals surface area contributed by atoms with Crippen molar-refractivity contribution in [2.45, 2.75) is 57.3 Å². The Hall–Kier alpha value is -0.640. The zero-order valence-electron chi connectivity index (χ0n) is 11.8. The van der Waals surface area contributed by atoms with Crippen LogP contribution < -0.4 is 5.32 Å². The van der Waals surface area contributed by atoms with E-state index in [9.17, 15) is 0 Å². The van der Waals surface area contributed by atoms with Crippen LogP contribution in [0.4, 0.5) is 0 Å². The van der Waals surface area contributed by atoms with Crippen LogP contribution in [0.3, 0.4) is 0 Å². The lowest BCUT2D eigenvalue weighted by atomic mass is 9.98. The fourth-order valence-electron chi connectivity index (χ4n) is 3.47. The molecule has 0 aliphatic carbocycles. The van der Waals surface area contributed by atoms with Gasteiger partial charge in [0, 0.05) is 36.6 Å². The first kappa shape index (κ1) is 14.8. The van der Waals surface area contributed by atoms with Crippen LogP contribution in [-0.4, -0.2) is 35.1 Å². The molecule has 0 amide bonds. The number of hydrogen-bond donors (Lipinski definition) is 1. The second kappa shape index (κ2) is 6.21. The van der Waals surface area contributed by atoms with E-state index in [1.54, 1.807) is 0 Å². The van der Waals surface area contributed by atoms with Gasteiger partial charge in [-0.1, -0.05) is 6.07 Å². The highest BCUT2D eigenvalue weighted by atomic mass is 35.5. The smallest absolute Gasteiger partial charge is 0.0417 e. The maximum Gasteiger partial charge on any atom is 0.0417 e. The first-order chi connectivity index (χ1) is 8.72. The number of fused-ring (bicyclic) bond motifs is 2. The Kier molecular flexibility index (Phi) is 4.82. The molecule has 0 saturated carbocycles. The summed E-state index contributed by atoms with van der Waals surface area (Å²) in [5.74, 6) is 0. The van der Waals surface area contributed by atoms with Crippen LogP contribution in [0.5, 0.6) is 0 Å². The van der Waals surface area contributed by atoms with Crippen LogP contribution >= 0.6 is 12.4 Å². The van der Waals surface area contributed by atoms with Crippen molar-refractivity contribution in [3.63, 3.8) is 0 Å². The van der Waals surface area contributed by atoms with Gasteiger partial charge >= 0.3 is 0 Å². The average Bonchev–Trinajstić information content (AvgIpc) is 2.71. The highest BCUT2D eigenvalue weighted by molar-refractivity contribution is 5.85. The third-order valence-electron chi connectivity index (χ3n) is 4.61. The molecule has 3 rings (SSSR count). The molecule has 2 aliphatic rings. The Morgan fingerprint density at radius 2 is 2.00 bits per heavy atom. The SMILES string of the molecule is Cc1ncccc1CN(C)C1CC2CCC(C1)N2.Cl. The van der Waals surface area contributed by atoms with Gasteiger partial charge in [0.05, 0.1) is 0 Å². The maximum atomic E-state index is 4.38. The number of nitrogens with one attached hydrogen (secondary N) is 1. The molecule has 3 nitrogen and oxygen atoms in total. The molecule has 19 heavy (non-hydrogen) atoms. The lowest BCUT2D eigenvalue weighted by Gasteiger charge is -2.35. The number of piperidine rings is 1. The molecule has 0 spiro atoms. The number of rotatable bonds is 3.